The number of likely N-dealkylation sites (tertiary alicyclic amines) is 1. The maximum absolute atomic E-state index is 13.2. The first-order valence-corrected chi connectivity index (χ1v) is 9.77. The summed E-state index contributed by atoms with van der Waals surface area (Å²) < 4.78 is 15.0. The quantitative estimate of drug-likeness (QED) is 0.904. The molecule has 1 spiro atoms. The van der Waals surface area contributed by atoms with E-state index in [1.165, 1.54) is 18.6 Å². The molecule has 0 unspecified atom stereocenters. The minimum Gasteiger partial charge on any atom is -0.342 e. The molecule has 5 nitrogen and oxygen atoms in total. The van der Waals surface area contributed by atoms with E-state index in [2.05, 4.69) is 10.4 Å². The molecule has 2 aromatic rings. The molecule has 144 valence electrons. The highest BCUT2D eigenvalue weighted by Crippen LogP contribution is 2.37. The predicted octanol–water partition coefficient (Wildman–Crippen LogP) is 2.77. The van der Waals surface area contributed by atoms with Crippen molar-refractivity contribution in [2.24, 2.45) is 5.41 Å². The van der Waals surface area contributed by atoms with Crippen molar-refractivity contribution in [2.45, 2.75) is 39.5 Å². The Morgan fingerprint density at radius 3 is 2.52 bits per heavy atom. The normalized spacial score (nSPS) is 19.0. The molecule has 0 saturated carbocycles. The first kappa shape index (κ1) is 18.2. The average molecular weight is 370 g/mol. The van der Waals surface area contributed by atoms with Gasteiger partial charge in [-0.1, -0.05) is 0 Å². The van der Waals surface area contributed by atoms with Gasteiger partial charge in [-0.3, -0.25) is 4.79 Å². The van der Waals surface area contributed by atoms with Crippen LogP contribution in [0.15, 0.2) is 24.3 Å². The third-order valence-corrected chi connectivity index (χ3v) is 6.35. The number of rotatable bonds is 3. The van der Waals surface area contributed by atoms with Crippen molar-refractivity contribution >= 4 is 5.91 Å². The Bertz CT molecular complexity index is 827. The second-order valence-electron chi connectivity index (χ2n) is 8.02. The average Bonchev–Trinajstić information content (AvgIpc) is 3.23. The summed E-state index contributed by atoms with van der Waals surface area (Å²) in [7, 11) is 0. The highest BCUT2D eigenvalue weighted by Gasteiger charge is 2.38. The van der Waals surface area contributed by atoms with Crippen molar-refractivity contribution < 1.29 is 9.18 Å². The Morgan fingerprint density at radius 1 is 1.19 bits per heavy atom. The summed E-state index contributed by atoms with van der Waals surface area (Å²) in [6.45, 7) is 7.81. The van der Waals surface area contributed by atoms with Gasteiger partial charge in [-0.2, -0.15) is 5.10 Å². The number of carbonyl (C=O) groups is 1. The lowest BCUT2D eigenvalue weighted by atomic mass is 9.78. The first-order chi connectivity index (χ1) is 13.0. The van der Waals surface area contributed by atoms with Crippen LogP contribution in [0.3, 0.4) is 0 Å². The largest absolute Gasteiger partial charge is 0.342 e. The van der Waals surface area contributed by atoms with Gasteiger partial charge in [0.1, 0.15) is 5.82 Å². The lowest BCUT2D eigenvalue weighted by Crippen LogP contribution is -2.44. The van der Waals surface area contributed by atoms with E-state index in [1.54, 1.807) is 16.8 Å². The fraction of sp³-hybridized carbons (Fsp3) is 0.524. The van der Waals surface area contributed by atoms with E-state index in [1.807, 2.05) is 18.7 Å². The fourth-order valence-corrected chi connectivity index (χ4v) is 4.48. The molecule has 1 amide bonds. The minimum atomic E-state index is -0.268. The molecule has 1 N–H and O–H groups in total. The number of piperidine rings is 1. The van der Waals surface area contributed by atoms with Crippen LogP contribution in [0.4, 0.5) is 4.39 Å². The number of halogens is 1. The molecule has 0 bridgehead atoms. The number of nitrogens with zero attached hydrogens (tertiary/aromatic N) is 3. The zero-order valence-corrected chi connectivity index (χ0v) is 16.1. The molecule has 2 saturated heterocycles. The molecule has 2 aliphatic rings. The van der Waals surface area contributed by atoms with Crippen LogP contribution in [0.1, 0.15) is 36.2 Å². The van der Waals surface area contributed by atoms with Gasteiger partial charge >= 0.3 is 0 Å². The van der Waals surface area contributed by atoms with Gasteiger partial charge in [0.15, 0.2) is 0 Å². The number of carbonyl (C=O) groups excluding carboxylic acids is 1. The Labute approximate surface area is 159 Å². The monoisotopic (exact) mass is 370 g/mol. The van der Waals surface area contributed by atoms with Crippen molar-refractivity contribution in [2.75, 3.05) is 26.2 Å². The van der Waals surface area contributed by atoms with Gasteiger partial charge in [-0.15, -0.1) is 0 Å². The summed E-state index contributed by atoms with van der Waals surface area (Å²) in [5, 5.41) is 8.05. The minimum absolute atomic E-state index is 0.181. The zero-order chi connectivity index (χ0) is 19.0. The van der Waals surface area contributed by atoms with Gasteiger partial charge in [0.25, 0.3) is 0 Å². The van der Waals surface area contributed by atoms with Gasteiger partial charge in [-0.05, 0) is 69.3 Å². The molecule has 0 aliphatic carbocycles. The van der Waals surface area contributed by atoms with Gasteiger partial charge in [0.2, 0.25) is 5.91 Å². The lowest BCUT2D eigenvalue weighted by Gasteiger charge is -2.39. The Balaban J connectivity index is 1.46. The van der Waals surface area contributed by atoms with Crippen LogP contribution in [-0.4, -0.2) is 46.8 Å². The van der Waals surface area contributed by atoms with Crippen molar-refractivity contribution in [3.63, 3.8) is 0 Å². The van der Waals surface area contributed by atoms with Gasteiger partial charge in [0, 0.05) is 30.9 Å². The summed E-state index contributed by atoms with van der Waals surface area (Å²) in [5.41, 5.74) is 4.01. The van der Waals surface area contributed by atoms with Crippen molar-refractivity contribution in [1.82, 2.24) is 20.0 Å². The van der Waals surface area contributed by atoms with E-state index in [0.29, 0.717) is 11.8 Å². The molecule has 6 heteroatoms. The van der Waals surface area contributed by atoms with Gasteiger partial charge in [-0.25, -0.2) is 9.07 Å². The molecule has 1 aromatic heterocycles. The summed E-state index contributed by atoms with van der Waals surface area (Å²) in [5.74, 6) is -0.0864. The van der Waals surface area contributed by atoms with E-state index in [0.717, 1.165) is 61.7 Å². The highest BCUT2D eigenvalue weighted by molar-refractivity contribution is 5.79. The van der Waals surface area contributed by atoms with Crippen LogP contribution in [0.25, 0.3) is 5.69 Å². The van der Waals surface area contributed by atoms with E-state index in [9.17, 15) is 9.18 Å². The standard InChI is InChI=1S/C21H27FN4O/c1-15-19(16(2)26(24-15)18-5-3-17(22)4-6-18)13-20(27)25-11-8-21(9-12-25)7-10-23-14-21/h3-6,23H,7-14H2,1-2H3. The van der Waals surface area contributed by atoms with Crippen LogP contribution in [0.2, 0.25) is 0 Å². The number of benzene rings is 1. The molecular formula is C21H27FN4O. The molecule has 2 fully saturated rings. The molecule has 0 atom stereocenters. The Morgan fingerprint density at radius 2 is 1.89 bits per heavy atom. The van der Waals surface area contributed by atoms with Crippen LogP contribution in [-0.2, 0) is 11.2 Å². The van der Waals surface area contributed by atoms with Crippen LogP contribution in [0, 0.1) is 25.1 Å². The number of aromatic nitrogens is 2. The Hall–Kier alpha value is -2.21. The molecule has 1 aromatic carbocycles. The number of nitrogens with one attached hydrogen (secondary N) is 1. The number of amides is 1. The maximum Gasteiger partial charge on any atom is 0.227 e. The topological polar surface area (TPSA) is 50.2 Å². The van der Waals surface area contributed by atoms with E-state index < -0.39 is 0 Å². The summed E-state index contributed by atoms with van der Waals surface area (Å²) in [6, 6.07) is 6.27. The molecule has 3 heterocycles. The maximum atomic E-state index is 13.2. The molecule has 27 heavy (non-hydrogen) atoms. The molecule has 2 aliphatic heterocycles. The first-order valence-electron chi connectivity index (χ1n) is 9.77. The van der Waals surface area contributed by atoms with E-state index in [-0.39, 0.29) is 11.7 Å². The smallest absolute Gasteiger partial charge is 0.227 e. The number of hydrogen-bond acceptors (Lipinski definition) is 3. The SMILES string of the molecule is Cc1nn(-c2ccc(F)cc2)c(C)c1CC(=O)N1CCC2(CCNC2)CC1. The van der Waals surface area contributed by atoms with Crippen LogP contribution < -0.4 is 5.32 Å². The summed E-state index contributed by atoms with van der Waals surface area (Å²) >= 11 is 0. The summed E-state index contributed by atoms with van der Waals surface area (Å²) in [6.07, 6.45) is 3.80. The van der Waals surface area contributed by atoms with Gasteiger partial charge < -0.3 is 10.2 Å². The van der Waals surface area contributed by atoms with Gasteiger partial charge in [0.05, 0.1) is 17.8 Å². The lowest BCUT2D eigenvalue weighted by molar-refractivity contribution is -0.132. The van der Waals surface area contributed by atoms with E-state index in [4.69, 9.17) is 0 Å². The second kappa shape index (κ2) is 7.08. The fourth-order valence-electron chi connectivity index (χ4n) is 4.48. The number of hydrogen-bond donors (Lipinski definition) is 1. The van der Waals surface area contributed by atoms with Crippen molar-refractivity contribution in [1.29, 1.82) is 0 Å². The van der Waals surface area contributed by atoms with Crippen LogP contribution in [0.5, 0.6) is 0 Å². The van der Waals surface area contributed by atoms with Crippen LogP contribution >= 0.6 is 0 Å². The molecular weight excluding hydrogens is 343 g/mol. The molecule has 0 radical (unpaired) electrons. The van der Waals surface area contributed by atoms with Crippen molar-refractivity contribution in [3.05, 3.63) is 47.0 Å². The third-order valence-electron chi connectivity index (χ3n) is 6.35. The zero-order valence-electron chi connectivity index (χ0n) is 16.1. The van der Waals surface area contributed by atoms with Crippen molar-refractivity contribution in [3.8, 4) is 5.69 Å². The highest BCUT2D eigenvalue weighted by atomic mass is 19.1. The molecule has 4 rings (SSSR count). The predicted molar refractivity (Wildman–Crippen MR) is 102 cm³/mol. The third kappa shape index (κ3) is 3.50. The summed E-state index contributed by atoms with van der Waals surface area (Å²) in [4.78, 5) is 14.9. The second-order valence-corrected chi connectivity index (χ2v) is 8.02. The number of aryl methyl sites for hydroxylation is 1. The Kier molecular flexibility index (Phi) is 4.76. The van der Waals surface area contributed by atoms with E-state index >= 15 is 0 Å².